The molecule has 1 aliphatic heterocycles. The average molecular weight is 396 g/mol. The number of amides is 2. The summed E-state index contributed by atoms with van der Waals surface area (Å²) in [6, 6.07) is 12.5. The summed E-state index contributed by atoms with van der Waals surface area (Å²) in [6.45, 7) is 7.45. The lowest BCUT2D eigenvalue weighted by Gasteiger charge is -2.32. The molecule has 156 valence electrons. The standard InChI is InChI=1S/C24H33N3O2/c1-17-15-19(3)26-23(17)24(29)27-13-11-21(12-14-27)16-22(28)25-18(2)9-10-20-7-5-4-6-8-20/h4-8,15,18,21,26H,9-14,16H2,1-3H3,(H,25,28)/t18-/m1/s1. The van der Waals surface area contributed by atoms with Crippen LogP contribution in [0.2, 0.25) is 0 Å². The molecule has 29 heavy (non-hydrogen) atoms. The minimum atomic E-state index is 0.0769. The second-order valence-corrected chi connectivity index (χ2v) is 8.44. The van der Waals surface area contributed by atoms with Crippen LogP contribution in [0.5, 0.6) is 0 Å². The Labute approximate surface area is 173 Å². The van der Waals surface area contributed by atoms with Crippen molar-refractivity contribution >= 4 is 11.8 Å². The van der Waals surface area contributed by atoms with Crippen LogP contribution >= 0.6 is 0 Å². The average Bonchev–Trinajstić information content (AvgIpc) is 3.05. The molecule has 1 aromatic carbocycles. The molecular formula is C24H33N3O2. The first-order chi connectivity index (χ1) is 13.9. The monoisotopic (exact) mass is 395 g/mol. The third kappa shape index (κ3) is 5.96. The Hall–Kier alpha value is -2.56. The molecule has 0 radical (unpaired) electrons. The normalized spacial score (nSPS) is 15.9. The van der Waals surface area contributed by atoms with E-state index in [1.54, 1.807) is 0 Å². The molecule has 0 bridgehead atoms. The molecular weight excluding hydrogens is 362 g/mol. The highest BCUT2D eigenvalue weighted by molar-refractivity contribution is 5.94. The van der Waals surface area contributed by atoms with Gasteiger partial charge in [0.1, 0.15) is 5.69 Å². The number of benzene rings is 1. The number of aryl methyl sites for hydroxylation is 3. The van der Waals surface area contributed by atoms with E-state index in [1.165, 1.54) is 5.56 Å². The number of nitrogens with zero attached hydrogens (tertiary/aromatic N) is 1. The van der Waals surface area contributed by atoms with E-state index in [9.17, 15) is 9.59 Å². The molecule has 1 fully saturated rings. The van der Waals surface area contributed by atoms with Crippen LogP contribution in [0.1, 0.15) is 59.9 Å². The Bertz CT molecular complexity index is 820. The molecule has 0 unspecified atom stereocenters. The number of carbonyl (C=O) groups excluding carboxylic acids is 2. The van der Waals surface area contributed by atoms with Crippen LogP contribution in [0, 0.1) is 19.8 Å². The molecule has 1 aromatic heterocycles. The highest BCUT2D eigenvalue weighted by Gasteiger charge is 2.26. The molecule has 2 aromatic rings. The summed E-state index contributed by atoms with van der Waals surface area (Å²) in [5.41, 5.74) is 4.02. The van der Waals surface area contributed by atoms with Gasteiger partial charge < -0.3 is 15.2 Å². The van der Waals surface area contributed by atoms with Crippen molar-refractivity contribution < 1.29 is 9.59 Å². The number of aromatic nitrogens is 1. The third-order valence-electron chi connectivity index (χ3n) is 5.86. The number of piperidine rings is 1. The number of aromatic amines is 1. The molecule has 1 atom stereocenters. The third-order valence-corrected chi connectivity index (χ3v) is 5.86. The van der Waals surface area contributed by atoms with E-state index in [1.807, 2.05) is 43.0 Å². The minimum Gasteiger partial charge on any atom is -0.354 e. The van der Waals surface area contributed by atoms with Gasteiger partial charge in [0.2, 0.25) is 5.91 Å². The fourth-order valence-corrected chi connectivity index (χ4v) is 4.15. The predicted molar refractivity (Wildman–Crippen MR) is 116 cm³/mol. The van der Waals surface area contributed by atoms with Crippen LogP contribution in [-0.4, -0.2) is 40.8 Å². The van der Waals surface area contributed by atoms with Crippen LogP contribution in [0.15, 0.2) is 36.4 Å². The fourth-order valence-electron chi connectivity index (χ4n) is 4.15. The molecule has 2 amide bonds. The quantitative estimate of drug-likeness (QED) is 0.744. The number of nitrogens with one attached hydrogen (secondary N) is 2. The van der Waals surface area contributed by atoms with Gasteiger partial charge in [-0.25, -0.2) is 0 Å². The maximum atomic E-state index is 12.7. The van der Waals surface area contributed by atoms with Gasteiger partial charge in [-0.05, 0) is 69.6 Å². The summed E-state index contributed by atoms with van der Waals surface area (Å²) < 4.78 is 0. The number of likely N-dealkylation sites (tertiary alicyclic amines) is 1. The van der Waals surface area contributed by atoms with Gasteiger partial charge >= 0.3 is 0 Å². The Kier molecular flexibility index (Phi) is 7.13. The first-order valence-electron chi connectivity index (χ1n) is 10.7. The largest absolute Gasteiger partial charge is 0.354 e. The van der Waals surface area contributed by atoms with E-state index in [4.69, 9.17) is 0 Å². The van der Waals surface area contributed by atoms with Crippen LogP contribution in [0.4, 0.5) is 0 Å². The fraction of sp³-hybridized carbons (Fsp3) is 0.500. The smallest absolute Gasteiger partial charge is 0.270 e. The van der Waals surface area contributed by atoms with Crippen molar-refractivity contribution in [3.05, 3.63) is 58.9 Å². The first-order valence-corrected chi connectivity index (χ1v) is 10.7. The molecule has 3 rings (SSSR count). The Morgan fingerprint density at radius 1 is 1.17 bits per heavy atom. The summed E-state index contributed by atoms with van der Waals surface area (Å²) in [4.78, 5) is 30.2. The number of hydrogen-bond acceptors (Lipinski definition) is 2. The van der Waals surface area contributed by atoms with Crippen molar-refractivity contribution in [1.82, 2.24) is 15.2 Å². The maximum absolute atomic E-state index is 12.7. The second-order valence-electron chi connectivity index (χ2n) is 8.44. The van der Waals surface area contributed by atoms with Gasteiger partial charge in [-0.15, -0.1) is 0 Å². The van der Waals surface area contributed by atoms with Gasteiger partial charge in [0, 0.05) is 31.2 Å². The highest BCUT2D eigenvalue weighted by Crippen LogP contribution is 2.23. The Morgan fingerprint density at radius 3 is 2.48 bits per heavy atom. The Balaban J connectivity index is 1.39. The van der Waals surface area contributed by atoms with Gasteiger partial charge in [-0.3, -0.25) is 9.59 Å². The van der Waals surface area contributed by atoms with Crippen LogP contribution < -0.4 is 5.32 Å². The van der Waals surface area contributed by atoms with Crippen molar-refractivity contribution in [3.63, 3.8) is 0 Å². The summed E-state index contributed by atoms with van der Waals surface area (Å²) in [6.07, 6.45) is 4.24. The lowest BCUT2D eigenvalue weighted by Crippen LogP contribution is -2.41. The van der Waals surface area contributed by atoms with Crippen molar-refractivity contribution in [2.75, 3.05) is 13.1 Å². The number of rotatable bonds is 7. The highest BCUT2D eigenvalue weighted by atomic mass is 16.2. The molecule has 1 saturated heterocycles. The van der Waals surface area contributed by atoms with Gasteiger partial charge in [-0.1, -0.05) is 30.3 Å². The molecule has 2 N–H and O–H groups in total. The van der Waals surface area contributed by atoms with Gasteiger partial charge in [0.25, 0.3) is 5.91 Å². The SMILES string of the molecule is Cc1cc(C)c(C(=O)N2CCC(CC(=O)N[C@H](C)CCc3ccccc3)CC2)[nH]1. The topological polar surface area (TPSA) is 65.2 Å². The zero-order valence-corrected chi connectivity index (χ0v) is 17.8. The van der Waals surface area contributed by atoms with Crippen molar-refractivity contribution in [1.29, 1.82) is 0 Å². The number of hydrogen-bond donors (Lipinski definition) is 2. The number of H-pyrrole nitrogens is 1. The van der Waals surface area contributed by atoms with E-state index >= 15 is 0 Å². The summed E-state index contributed by atoms with van der Waals surface area (Å²) in [5.74, 6) is 0.561. The number of carbonyl (C=O) groups is 2. The van der Waals surface area contributed by atoms with Crippen molar-refractivity contribution in [3.8, 4) is 0 Å². The molecule has 0 spiro atoms. The maximum Gasteiger partial charge on any atom is 0.270 e. The molecule has 0 aliphatic carbocycles. The van der Waals surface area contributed by atoms with Gasteiger partial charge in [-0.2, -0.15) is 0 Å². The Morgan fingerprint density at radius 2 is 1.86 bits per heavy atom. The van der Waals surface area contributed by atoms with Crippen molar-refractivity contribution in [2.24, 2.45) is 5.92 Å². The molecule has 1 aliphatic rings. The molecule has 5 nitrogen and oxygen atoms in total. The van der Waals surface area contributed by atoms with E-state index < -0.39 is 0 Å². The molecule has 5 heteroatoms. The van der Waals surface area contributed by atoms with E-state index in [-0.39, 0.29) is 17.9 Å². The summed E-state index contributed by atoms with van der Waals surface area (Å²) >= 11 is 0. The first kappa shape index (κ1) is 21.2. The lowest BCUT2D eigenvalue weighted by molar-refractivity contribution is -0.122. The summed E-state index contributed by atoms with van der Waals surface area (Å²) in [5, 5.41) is 3.14. The molecule has 0 saturated carbocycles. The van der Waals surface area contributed by atoms with Crippen LogP contribution in [0.25, 0.3) is 0 Å². The van der Waals surface area contributed by atoms with Gasteiger partial charge in [0.15, 0.2) is 0 Å². The van der Waals surface area contributed by atoms with E-state index in [0.717, 1.165) is 50.0 Å². The van der Waals surface area contributed by atoms with E-state index in [2.05, 4.69) is 29.4 Å². The van der Waals surface area contributed by atoms with Crippen molar-refractivity contribution in [2.45, 2.75) is 58.9 Å². The minimum absolute atomic E-state index is 0.0769. The predicted octanol–water partition coefficient (Wildman–Crippen LogP) is 4.01. The lowest BCUT2D eigenvalue weighted by atomic mass is 9.92. The van der Waals surface area contributed by atoms with Gasteiger partial charge in [0.05, 0.1) is 0 Å². The zero-order valence-electron chi connectivity index (χ0n) is 17.8. The van der Waals surface area contributed by atoms with Crippen LogP contribution in [0.3, 0.4) is 0 Å². The summed E-state index contributed by atoms with van der Waals surface area (Å²) in [7, 11) is 0. The van der Waals surface area contributed by atoms with Crippen LogP contribution in [-0.2, 0) is 11.2 Å². The molecule has 2 heterocycles. The zero-order chi connectivity index (χ0) is 20.8. The van der Waals surface area contributed by atoms with E-state index in [0.29, 0.717) is 18.0 Å². The second kappa shape index (κ2) is 9.77.